The second-order valence-electron chi connectivity index (χ2n) is 4.05. The molecule has 0 aromatic carbocycles. The summed E-state index contributed by atoms with van der Waals surface area (Å²) in [6.45, 7) is 3.68. The minimum Gasteiger partial charge on any atom is -0.478 e. The number of aromatic nitrogens is 1. The van der Waals surface area contributed by atoms with Gasteiger partial charge in [-0.1, -0.05) is 13.8 Å². The van der Waals surface area contributed by atoms with Crippen molar-refractivity contribution in [3.8, 4) is 0 Å². The molecular weight excluding hydrogens is 268 g/mol. The molecule has 6 nitrogen and oxygen atoms in total. The number of carboxylic acids is 1. The van der Waals surface area contributed by atoms with Gasteiger partial charge in [-0.15, -0.1) is 0 Å². The Bertz CT molecular complexity index is 555. The van der Waals surface area contributed by atoms with E-state index in [1.54, 1.807) is 6.92 Å². The molecule has 2 N–H and O–H groups in total. The Balaban J connectivity index is 2.78. The first kappa shape index (κ1) is 15.4. The maximum Gasteiger partial charge on any atom is 0.335 e. The van der Waals surface area contributed by atoms with Crippen LogP contribution in [0.1, 0.15) is 29.9 Å². The molecule has 106 valence electrons. The van der Waals surface area contributed by atoms with E-state index in [2.05, 4.69) is 10.3 Å². The van der Waals surface area contributed by atoms with Crippen LogP contribution in [-0.4, -0.2) is 42.5 Å². The SMILES string of the molecule is CCc1cc(C(=O)O)cc(NCCS(=O)(=O)CC)n1. The van der Waals surface area contributed by atoms with Crippen molar-refractivity contribution in [2.45, 2.75) is 20.3 Å². The van der Waals surface area contributed by atoms with Crippen molar-refractivity contribution >= 4 is 21.6 Å². The minimum atomic E-state index is -3.04. The van der Waals surface area contributed by atoms with Crippen LogP contribution in [0.15, 0.2) is 12.1 Å². The highest BCUT2D eigenvalue weighted by atomic mass is 32.2. The molecule has 1 heterocycles. The monoisotopic (exact) mass is 286 g/mol. The van der Waals surface area contributed by atoms with E-state index in [4.69, 9.17) is 5.11 Å². The summed E-state index contributed by atoms with van der Waals surface area (Å²) in [5, 5.41) is 11.8. The van der Waals surface area contributed by atoms with Crippen LogP contribution in [0.3, 0.4) is 0 Å². The molecule has 0 saturated carbocycles. The van der Waals surface area contributed by atoms with Crippen LogP contribution in [0, 0.1) is 0 Å². The van der Waals surface area contributed by atoms with Gasteiger partial charge in [0.15, 0.2) is 9.84 Å². The van der Waals surface area contributed by atoms with E-state index in [9.17, 15) is 13.2 Å². The topological polar surface area (TPSA) is 96.4 Å². The number of carboxylic acid groups (broad SMARTS) is 1. The van der Waals surface area contributed by atoms with E-state index in [-0.39, 0.29) is 23.6 Å². The lowest BCUT2D eigenvalue weighted by atomic mass is 10.2. The predicted molar refractivity (Wildman–Crippen MR) is 73.4 cm³/mol. The molecule has 1 rings (SSSR count). The fourth-order valence-corrected chi connectivity index (χ4v) is 2.16. The van der Waals surface area contributed by atoms with Crippen molar-refractivity contribution in [1.29, 1.82) is 0 Å². The largest absolute Gasteiger partial charge is 0.478 e. The van der Waals surface area contributed by atoms with Crippen LogP contribution in [0.2, 0.25) is 0 Å². The second-order valence-corrected chi connectivity index (χ2v) is 6.53. The van der Waals surface area contributed by atoms with Crippen LogP contribution in [0.5, 0.6) is 0 Å². The molecule has 0 radical (unpaired) electrons. The summed E-state index contributed by atoms with van der Waals surface area (Å²) in [5.41, 5.74) is 0.799. The molecule has 0 atom stereocenters. The summed E-state index contributed by atoms with van der Waals surface area (Å²) < 4.78 is 22.7. The normalized spacial score (nSPS) is 11.3. The van der Waals surface area contributed by atoms with E-state index >= 15 is 0 Å². The highest BCUT2D eigenvalue weighted by Crippen LogP contribution is 2.11. The summed E-state index contributed by atoms with van der Waals surface area (Å²) in [4.78, 5) is 15.2. The number of aromatic carboxylic acids is 1. The third-order valence-corrected chi connectivity index (χ3v) is 4.35. The van der Waals surface area contributed by atoms with Gasteiger partial charge in [0, 0.05) is 18.0 Å². The Kier molecular flexibility index (Phi) is 5.29. The summed E-state index contributed by atoms with van der Waals surface area (Å²) in [6, 6.07) is 2.91. The lowest BCUT2D eigenvalue weighted by Gasteiger charge is -2.08. The minimum absolute atomic E-state index is 0.00391. The number of nitrogens with zero attached hydrogens (tertiary/aromatic N) is 1. The molecule has 1 aromatic rings. The molecule has 0 amide bonds. The number of hydrogen-bond donors (Lipinski definition) is 2. The third-order valence-electron chi connectivity index (χ3n) is 2.65. The maximum absolute atomic E-state index is 11.3. The van der Waals surface area contributed by atoms with Gasteiger partial charge in [-0.05, 0) is 18.6 Å². The van der Waals surface area contributed by atoms with Gasteiger partial charge in [-0.3, -0.25) is 0 Å². The van der Waals surface area contributed by atoms with E-state index in [1.807, 2.05) is 6.92 Å². The Morgan fingerprint density at radius 1 is 1.37 bits per heavy atom. The highest BCUT2D eigenvalue weighted by molar-refractivity contribution is 7.91. The molecule has 0 bridgehead atoms. The number of hydrogen-bond acceptors (Lipinski definition) is 5. The summed E-state index contributed by atoms with van der Waals surface area (Å²) in [6.07, 6.45) is 0.614. The van der Waals surface area contributed by atoms with Crippen LogP contribution < -0.4 is 5.32 Å². The molecule has 19 heavy (non-hydrogen) atoms. The van der Waals surface area contributed by atoms with Crippen molar-refractivity contribution in [1.82, 2.24) is 4.98 Å². The number of sulfone groups is 1. The number of nitrogens with one attached hydrogen (secondary N) is 1. The average molecular weight is 286 g/mol. The van der Waals surface area contributed by atoms with Gasteiger partial charge in [0.25, 0.3) is 0 Å². The number of carbonyl (C=O) groups is 1. The molecule has 0 spiro atoms. The first-order valence-corrected chi connectivity index (χ1v) is 7.88. The summed E-state index contributed by atoms with van der Waals surface area (Å²) >= 11 is 0. The van der Waals surface area contributed by atoms with Gasteiger partial charge in [-0.2, -0.15) is 0 Å². The van der Waals surface area contributed by atoms with Crippen LogP contribution in [0.4, 0.5) is 5.82 Å². The predicted octanol–water partition coefficient (Wildman–Crippen LogP) is 1.19. The van der Waals surface area contributed by atoms with Gasteiger partial charge in [0.05, 0.1) is 11.3 Å². The van der Waals surface area contributed by atoms with E-state index < -0.39 is 15.8 Å². The fourth-order valence-electron chi connectivity index (χ4n) is 1.46. The van der Waals surface area contributed by atoms with E-state index in [0.29, 0.717) is 17.9 Å². The zero-order valence-electron chi connectivity index (χ0n) is 11.0. The molecule has 0 saturated heterocycles. The summed E-state index contributed by atoms with van der Waals surface area (Å²) in [5.74, 6) is -0.536. The van der Waals surface area contributed by atoms with Crippen molar-refractivity contribution < 1.29 is 18.3 Å². The molecule has 0 fully saturated rings. The van der Waals surface area contributed by atoms with Crippen LogP contribution >= 0.6 is 0 Å². The lowest BCUT2D eigenvalue weighted by molar-refractivity contribution is 0.0696. The molecule has 0 aliphatic heterocycles. The van der Waals surface area contributed by atoms with Gasteiger partial charge in [0.2, 0.25) is 0 Å². The zero-order chi connectivity index (χ0) is 14.5. The Morgan fingerprint density at radius 3 is 2.58 bits per heavy atom. The highest BCUT2D eigenvalue weighted by Gasteiger charge is 2.09. The standard InChI is InChI=1S/C12H18N2O4S/c1-3-10-7-9(12(15)16)8-11(14-10)13-5-6-19(17,18)4-2/h7-8H,3-6H2,1-2H3,(H,13,14)(H,15,16). The molecule has 0 aliphatic rings. The van der Waals surface area contributed by atoms with Gasteiger partial charge in [-0.25, -0.2) is 18.2 Å². The zero-order valence-corrected chi connectivity index (χ0v) is 11.8. The quantitative estimate of drug-likeness (QED) is 0.781. The smallest absolute Gasteiger partial charge is 0.335 e. The van der Waals surface area contributed by atoms with E-state index in [0.717, 1.165) is 0 Å². The Morgan fingerprint density at radius 2 is 2.05 bits per heavy atom. The van der Waals surface area contributed by atoms with Crippen LogP contribution in [-0.2, 0) is 16.3 Å². The maximum atomic E-state index is 11.3. The first-order valence-electron chi connectivity index (χ1n) is 6.06. The third kappa shape index (κ3) is 4.86. The van der Waals surface area contributed by atoms with Gasteiger partial charge < -0.3 is 10.4 Å². The average Bonchev–Trinajstić information content (AvgIpc) is 2.38. The fraction of sp³-hybridized carbons (Fsp3) is 0.500. The van der Waals surface area contributed by atoms with Crippen LogP contribution in [0.25, 0.3) is 0 Å². The Labute approximate surface area is 112 Å². The molecule has 7 heteroatoms. The first-order chi connectivity index (χ1) is 8.88. The van der Waals surface area contributed by atoms with Crippen molar-refractivity contribution in [2.75, 3.05) is 23.4 Å². The summed E-state index contributed by atoms with van der Waals surface area (Å²) in [7, 11) is -3.04. The second kappa shape index (κ2) is 6.51. The number of aryl methyl sites for hydroxylation is 1. The van der Waals surface area contributed by atoms with Gasteiger partial charge in [0.1, 0.15) is 5.82 Å². The molecule has 0 aliphatic carbocycles. The Hall–Kier alpha value is -1.63. The van der Waals surface area contributed by atoms with Crippen molar-refractivity contribution in [3.63, 3.8) is 0 Å². The van der Waals surface area contributed by atoms with Gasteiger partial charge >= 0.3 is 5.97 Å². The number of pyridine rings is 1. The number of anilines is 1. The van der Waals surface area contributed by atoms with E-state index in [1.165, 1.54) is 12.1 Å². The van der Waals surface area contributed by atoms with Crippen molar-refractivity contribution in [2.24, 2.45) is 0 Å². The lowest BCUT2D eigenvalue weighted by Crippen LogP contribution is -2.18. The van der Waals surface area contributed by atoms with Crippen molar-refractivity contribution in [3.05, 3.63) is 23.4 Å². The molecular formula is C12H18N2O4S. The number of rotatable bonds is 7. The molecule has 0 unspecified atom stereocenters. The molecule has 1 aromatic heterocycles.